The van der Waals surface area contributed by atoms with Crippen LogP contribution in [0.2, 0.25) is 0 Å². The summed E-state index contributed by atoms with van der Waals surface area (Å²) >= 11 is 0. The Hall–Kier alpha value is -0.900. The van der Waals surface area contributed by atoms with Crippen LogP contribution in [0.15, 0.2) is 0 Å². The van der Waals surface area contributed by atoms with Crippen molar-refractivity contribution in [2.24, 2.45) is 0 Å². The number of hydrogen-bond acceptors (Lipinski definition) is 3. The molecule has 0 aliphatic rings. The van der Waals surface area contributed by atoms with Crippen LogP contribution in [-0.4, -0.2) is 15.3 Å². The number of hydrogen-bond donors (Lipinski definition) is 3. The zero-order valence-electron chi connectivity index (χ0n) is 14.2. The molecule has 0 aliphatic carbocycles. The Morgan fingerprint density at radius 1 is 0.571 bits per heavy atom. The molecular weight excluding hydrogens is 264 g/mol. The van der Waals surface area contributed by atoms with Crippen molar-refractivity contribution in [3.8, 4) is 0 Å². The highest BCUT2D eigenvalue weighted by Gasteiger charge is 2.26. The Balaban J connectivity index is 3.96. The lowest BCUT2D eigenvalue weighted by Crippen LogP contribution is -2.17. The van der Waals surface area contributed by atoms with Gasteiger partial charge in [0.2, 0.25) is 0 Å². The minimum Gasteiger partial charge on any atom is -0.389 e. The van der Waals surface area contributed by atoms with Gasteiger partial charge in [-0.15, -0.1) is 0 Å². The molecule has 0 heterocycles. The third-order valence-electron chi connectivity index (χ3n) is 4.26. The summed E-state index contributed by atoms with van der Waals surface area (Å²) in [5.74, 6) is 0. The van der Waals surface area contributed by atoms with Crippen LogP contribution in [0.25, 0.3) is 0 Å². The highest BCUT2D eigenvalue weighted by Crippen LogP contribution is 2.39. The number of aliphatic hydroxyl groups excluding tert-OH is 3. The molecule has 1 aromatic rings. The van der Waals surface area contributed by atoms with Crippen LogP contribution in [0.5, 0.6) is 0 Å². The lowest BCUT2D eigenvalue weighted by atomic mass is 9.79. The molecule has 0 aromatic heterocycles. The molecule has 1 rings (SSSR count). The fourth-order valence-corrected chi connectivity index (χ4v) is 3.64. The van der Waals surface area contributed by atoms with Crippen molar-refractivity contribution in [1.82, 2.24) is 0 Å². The number of aliphatic hydroxyl groups is 3. The highest BCUT2D eigenvalue weighted by atomic mass is 16.3. The molecule has 1 aromatic carbocycles. The summed E-state index contributed by atoms with van der Waals surface area (Å²) in [5.41, 5.74) is 5.80. The molecule has 21 heavy (non-hydrogen) atoms. The van der Waals surface area contributed by atoms with Gasteiger partial charge in [-0.3, -0.25) is 0 Å². The van der Waals surface area contributed by atoms with E-state index in [0.717, 1.165) is 52.6 Å². The van der Waals surface area contributed by atoms with Crippen molar-refractivity contribution in [3.63, 3.8) is 0 Å². The molecule has 120 valence electrons. The maximum absolute atomic E-state index is 10.3. The molecule has 0 spiro atoms. The average Bonchev–Trinajstić information content (AvgIpc) is 2.42. The molecular formula is C18H30O3. The second kappa shape index (κ2) is 7.39. The Kier molecular flexibility index (Phi) is 6.39. The van der Waals surface area contributed by atoms with Gasteiger partial charge in [-0.2, -0.15) is 0 Å². The largest absolute Gasteiger partial charge is 0.389 e. The fourth-order valence-electron chi connectivity index (χ4n) is 3.64. The van der Waals surface area contributed by atoms with Crippen molar-refractivity contribution in [2.75, 3.05) is 0 Å². The standard InChI is InChI=1S/C18H30O3/c1-7-13-16(10(4)19)14(8-2)18(12(6)21)15(9-3)17(13)11(5)20/h10-12,19-21H,7-9H2,1-6H3/t10-,11-,12+/m0/s1. The van der Waals surface area contributed by atoms with E-state index in [9.17, 15) is 15.3 Å². The average molecular weight is 294 g/mol. The van der Waals surface area contributed by atoms with Gasteiger partial charge in [-0.1, -0.05) is 20.8 Å². The van der Waals surface area contributed by atoms with Gasteiger partial charge in [0.1, 0.15) is 0 Å². The van der Waals surface area contributed by atoms with Crippen molar-refractivity contribution in [1.29, 1.82) is 0 Å². The molecule has 3 atom stereocenters. The topological polar surface area (TPSA) is 60.7 Å². The van der Waals surface area contributed by atoms with Crippen molar-refractivity contribution in [3.05, 3.63) is 33.4 Å². The fraction of sp³-hybridized carbons (Fsp3) is 0.667. The van der Waals surface area contributed by atoms with Crippen LogP contribution >= 0.6 is 0 Å². The third kappa shape index (κ3) is 3.31. The van der Waals surface area contributed by atoms with E-state index < -0.39 is 18.3 Å². The monoisotopic (exact) mass is 294 g/mol. The lowest BCUT2D eigenvalue weighted by Gasteiger charge is -2.29. The Labute approximate surface area is 128 Å². The molecule has 0 bridgehead atoms. The van der Waals surface area contributed by atoms with E-state index in [-0.39, 0.29) is 0 Å². The van der Waals surface area contributed by atoms with E-state index in [0.29, 0.717) is 0 Å². The predicted molar refractivity (Wildman–Crippen MR) is 86.5 cm³/mol. The summed E-state index contributed by atoms with van der Waals surface area (Å²) < 4.78 is 0. The van der Waals surface area contributed by atoms with Crippen molar-refractivity contribution < 1.29 is 15.3 Å². The van der Waals surface area contributed by atoms with E-state index >= 15 is 0 Å². The van der Waals surface area contributed by atoms with Gasteiger partial charge in [0.05, 0.1) is 18.3 Å². The summed E-state index contributed by atoms with van der Waals surface area (Å²) in [6.45, 7) is 11.4. The third-order valence-corrected chi connectivity index (χ3v) is 4.26. The minimum absolute atomic E-state index is 0.601. The summed E-state index contributed by atoms with van der Waals surface area (Å²) in [7, 11) is 0. The van der Waals surface area contributed by atoms with Crippen LogP contribution in [0.1, 0.15) is 93.2 Å². The first-order chi connectivity index (χ1) is 9.81. The summed E-state index contributed by atoms with van der Waals surface area (Å²) in [6.07, 6.45) is 0.490. The molecule has 0 aliphatic heterocycles. The number of benzene rings is 1. The van der Waals surface area contributed by atoms with Gasteiger partial charge >= 0.3 is 0 Å². The maximum atomic E-state index is 10.3. The van der Waals surface area contributed by atoms with Crippen molar-refractivity contribution in [2.45, 2.75) is 79.1 Å². The molecule has 0 amide bonds. The van der Waals surface area contributed by atoms with Crippen LogP contribution in [-0.2, 0) is 19.3 Å². The Morgan fingerprint density at radius 3 is 0.857 bits per heavy atom. The zero-order valence-corrected chi connectivity index (χ0v) is 14.2. The van der Waals surface area contributed by atoms with Crippen LogP contribution < -0.4 is 0 Å². The predicted octanol–water partition coefficient (Wildman–Crippen LogP) is 3.53. The van der Waals surface area contributed by atoms with Gasteiger partial charge in [0.25, 0.3) is 0 Å². The highest BCUT2D eigenvalue weighted by molar-refractivity contribution is 5.54. The smallest absolute Gasteiger partial charge is 0.0767 e. The van der Waals surface area contributed by atoms with E-state index in [1.165, 1.54) is 0 Å². The molecule has 0 saturated heterocycles. The van der Waals surface area contributed by atoms with E-state index in [2.05, 4.69) is 0 Å². The first-order valence-electron chi connectivity index (χ1n) is 8.05. The van der Waals surface area contributed by atoms with Gasteiger partial charge in [0.15, 0.2) is 0 Å². The lowest BCUT2D eigenvalue weighted by molar-refractivity contribution is 0.181. The second-order valence-electron chi connectivity index (χ2n) is 5.77. The van der Waals surface area contributed by atoms with E-state index in [1.807, 2.05) is 20.8 Å². The zero-order chi connectivity index (χ0) is 16.3. The summed E-state index contributed by atoms with van der Waals surface area (Å²) in [4.78, 5) is 0. The Bertz CT molecular complexity index is 395. The maximum Gasteiger partial charge on any atom is 0.0767 e. The molecule has 3 nitrogen and oxygen atoms in total. The second-order valence-corrected chi connectivity index (χ2v) is 5.77. The minimum atomic E-state index is -0.601. The molecule has 0 unspecified atom stereocenters. The normalized spacial score (nSPS) is 15.9. The Morgan fingerprint density at radius 2 is 0.762 bits per heavy atom. The van der Waals surface area contributed by atoms with Crippen LogP contribution in [0.4, 0.5) is 0 Å². The molecule has 0 saturated carbocycles. The van der Waals surface area contributed by atoms with Crippen molar-refractivity contribution >= 4 is 0 Å². The van der Waals surface area contributed by atoms with Crippen LogP contribution in [0, 0.1) is 0 Å². The number of rotatable bonds is 6. The van der Waals surface area contributed by atoms with Gasteiger partial charge < -0.3 is 15.3 Å². The molecule has 0 radical (unpaired) electrons. The van der Waals surface area contributed by atoms with Gasteiger partial charge in [0, 0.05) is 0 Å². The summed E-state index contributed by atoms with van der Waals surface area (Å²) in [6, 6.07) is 0. The van der Waals surface area contributed by atoms with E-state index in [4.69, 9.17) is 0 Å². The van der Waals surface area contributed by atoms with Crippen LogP contribution in [0.3, 0.4) is 0 Å². The van der Waals surface area contributed by atoms with Gasteiger partial charge in [-0.25, -0.2) is 0 Å². The first kappa shape index (κ1) is 18.1. The SMILES string of the molecule is CCc1c([C@H](C)O)c(CC)c([C@@H](C)O)c(CC)c1[C@H](C)O. The van der Waals surface area contributed by atoms with E-state index in [1.54, 1.807) is 20.8 Å². The summed E-state index contributed by atoms with van der Waals surface area (Å²) in [5, 5.41) is 30.8. The quantitative estimate of drug-likeness (QED) is 0.752. The molecule has 3 heteroatoms. The van der Waals surface area contributed by atoms with Gasteiger partial charge in [-0.05, 0) is 73.4 Å². The molecule has 3 N–H and O–H groups in total. The first-order valence-corrected chi connectivity index (χ1v) is 8.05. The molecule has 0 fully saturated rings.